The highest BCUT2D eigenvalue weighted by atomic mass is 79.9. The normalized spacial score (nSPS) is 10.3. The summed E-state index contributed by atoms with van der Waals surface area (Å²) >= 11 is 3.51. The zero-order valence-electron chi connectivity index (χ0n) is 11.3. The van der Waals surface area contributed by atoms with Gasteiger partial charge in [-0.2, -0.15) is 0 Å². The summed E-state index contributed by atoms with van der Waals surface area (Å²) in [5.41, 5.74) is 1.16. The SMILES string of the molecule is CNc1ncnc(N(CCO)Cc2ccccc2)c1Br. The van der Waals surface area contributed by atoms with Crippen LogP contribution in [-0.2, 0) is 6.54 Å². The molecule has 1 heterocycles. The summed E-state index contributed by atoms with van der Waals surface area (Å²) in [5, 5.41) is 12.3. The number of rotatable bonds is 6. The standard InChI is InChI=1S/C14H17BrN4O/c1-16-13-12(15)14(18-10-17-13)19(7-8-20)9-11-5-3-2-4-6-11/h2-6,10,20H,7-9H2,1H3,(H,16,17,18). The van der Waals surface area contributed by atoms with E-state index in [1.807, 2.05) is 30.1 Å². The van der Waals surface area contributed by atoms with Crippen LogP contribution in [0.1, 0.15) is 5.56 Å². The summed E-state index contributed by atoms with van der Waals surface area (Å²) in [6.07, 6.45) is 1.52. The minimum absolute atomic E-state index is 0.0676. The Labute approximate surface area is 126 Å². The first-order chi connectivity index (χ1) is 9.76. The van der Waals surface area contributed by atoms with E-state index in [9.17, 15) is 5.11 Å². The van der Waals surface area contributed by atoms with Crippen molar-refractivity contribution in [1.82, 2.24) is 9.97 Å². The largest absolute Gasteiger partial charge is 0.395 e. The highest BCUT2D eigenvalue weighted by Crippen LogP contribution is 2.29. The third-order valence-corrected chi connectivity index (χ3v) is 3.62. The van der Waals surface area contributed by atoms with Crippen molar-refractivity contribution in [3.8, 4) is 0 Å². The first kappa shape index (κ1) is 14.7. The lowest BCUT2D eigenvalue weighted by Gasteiger charge is -2.24. The molecule has 0 fully saturated rings. The van der Waals surface area contributed by atoms with Crippen molar-refractivity contribution < 1.29 is 5.11 Å². The molecule has 106 valence electrons. The van der Waals surface area contributed by atoms with Crippen LogP contribution >= 0.6 is 15.9 Å². The summed E-state index contributed by atoms with van der Waals surface area (Å²) in [6.45, 7) is 1.26. The van der Waals surface area contributed by atoms with Crippen LogP contribution in [-0.4, -0.2) is 35.3 Å². The number of halogens is 1. The Morgan fingerprint density at radius 2 is 2.00 bits per heavy atom. The maximum Gasteiger partial charge on any atom is 0.148 e. The fourth-order valence-electron chi connectivity index (χ4n) is 1.94. The van der Waals surface area contributed by atoms with Crippen LogP contribution in [0.25, 0.3) is 0 Å². The smallest absolute Gasteiger partial charge is 0.148 e. The molecule has 20 heavy (non-hydrogen) atoms. The van der Waals surface area contributed by atoms with Crippen molar-refractivity contribution in [2.24, 2.45) is 0 Å². The third-order valence-electron chi connectivity index (χ3n) is 2.89. The van der Waals surface area contributed by atoms with E-state index in [1.54, 1.807) is 0 Å². The van der Waals surface area contributed by atoms with E-state index in [1.165, 1.54) is 6.33 Å². The molecule has 2 rings (SSSR count). The summed E-state index contributed by atoms with van der Waals surface area (Å²) in [7, 11) is 1.81. The van der Waals surface area contributed by atoms with Crippen molar-refractivity contribution in [3.63, 3.8) is 0 Å². The van der Waals surface area contributed by atoms with Crippen LogP contribution < -0.4 is 10.2 Å². The van der Waals surface area contributed by atoms with Gasteiger partial charge >= 0.3 is 0 Å². The number of anilines is 2. The zero-order valence-corrected chi connectivity index (χ0v) is 12.8. The van der Waals surface area contributed by atoms with Crippen LogP contribution in [0.5, 0.6) is 0 Å². The second kappa shape index (κ2) is 7.21. The van der Waals surface area contributed by atoms with Crippen LogP contribution in [0, 0.1) is 0 Å². The lowest BCUT2D eigenvalue weighted by Crippen LogP contribution is -2.27. The van der Waals surface area contributed by atoms with E-state index in [-0.39, 0.29) is 6.61 Å². The molecule has 6 heteroatoms. The van der Waals surface area contributed by atoms with Gasteiger partial charge in [0.2, 0.25) is 0 Å². The minimum atomic E-state index is 0.0676. The van der Waals surface area contributed by atoms with E-state index in [0.29, 0.717) is 13.1 Å². The topological polar surface area (TPSA) is 61.3 Å². The number of benzene rings is 1. The Balaban J connectivity index is 2.29. The van der Waals surface area contributed by atoms with Gasteiger partial charge < -0.3 is 15.3 Å². The van der Waals surface area contributed by atoms with Crippen LogP contribution in [0.3, 0.4) is 0 Å². The number of hydrogen-bond donors (Lipinski definition) is 2. The molecule has 0 unspecified atom stereocenters. The molecular weight excluding hydrogens is 320 g/mol. The van der Waals surface area contributed by atoms with E-state index in [4.69, 9.17) is 0 Å². The number of hydrogen-bond acceptors (Lipinski definition) is 5. The summed E-state index contributed by atoms with van der Waals surface area (Å²) in [5.74, 6) is 1.49. The summed E-state index contributed by atoms with van der Waals surface area (Å²) in [6, 6.07) is 10.1. The number of nitrogens with zero attached hydrogens (tertiary/aromatic N) is 3. The lowest BCUT2D eigenvalue weighted by atomic mass is 10.2. The third kappa shape index (κ3) is 3.46. The maximum absolute atomic E-state index is 9.28. The molecule has 0 amide bonds. The molecule has 0 aliphatic rings. The second-order valence-corrected chi connectivity index (χ2v) is 5.03. The van der Waals surface area contributed by atoms with Crippen molar-refractivity contribution in [2.45, 2.75) is 6.54 Å². The molecule has 0 bridgehead atoms. The molecule has 5 nitrogen and oxygen atoms in total. The van der Waals surface area contributed by atoms with Crippen LogP contribution in [0.15, 0.2) is 41.1 Å². The Bertz CT molecular complexity index is 550. The molecule has 0 aliphatic heterocycles. The van der Waals surface area contributed by atoms with E-state index < -0.39 is 0 Å². The van der Waals surface area contributed by atoms with Gasteiger partial charge in [0.25, 0.3) is 0 Å². The molecule has 1 aromatic carbocycles. The van der Waals surface area contributed by atoms with Gasteiger partial charge in [0.05, 0.1) is 6.61 Å². The fourth-order valence-corrected chi connectivity index (χ4v) is 2.59. The molecule has 0 radical (unpaired) electrons. The monoisotopic (exact) mass is 336 g/mol. The average molecular weight is 337 g/mol. The first-order valence-electron chi connectivity index (χ1n) is 6.34. The molecule has 0 saturated carbocycles. The van der Waals surface area contributed by atoms with Gasteiger partial charge in [-0.05, 0) is 21.5 Å². The fraction of sp³-hybridized carbons (Fsp3) is 0.286. The molecule has 2 aromatic rings. The predicted octanol–water partition coefficient (Wildman–Crippen LogP) is 2.28. The van der Waals surface area contributed by atoms with E-state index in [2.05, 4.69) is 43.3 Å². The zero-order chi connectivity index (χ0) is 14.4. The molecule has 0 spiro atoms. The van der Waals surface area contributed by atoms with Crippen LogP contribution in [0.2, 0.25) is 0 Å². The predicted molar refractivity (Wildman–Crippen MR) is 83.9 cm³/mol. The first-order valence-corrected chi connectivity index (χ1v) is 7.13. The Morgan fingerprint density at radius 3 is 2.65 bits per heavy atom. The molecular formula is C14H17BrN4O. The Morgan fingerprint density at radius 1 is 1.25 bits per heavy atom. The van der Waals surface area contributed by atoms with Crippen molar-refractivity contribution >= 4 is 27.6 Å². The molecule has 0 saturated heterocycles. The lowest BCUT2D eigenvalue weighted by molar-refractivity contribution is 0.301. The number of aliphatic hydroxyl groups is 1. The van der Waals surface area contributed by atoms with Gasteiger partial charge in [0.1, 0.15) is 22.4 Å². The highest BCUT2D eigenvalue weighted by molar-refractivity contribution is 9.10. The quantitative estimate of drug-likeness (QED) is 0.847. The van der Waals surface area contributed by atoms with Gasteiger partial charge in [0.15, 0.2) is 0 Å². The van der Waals surface area contributed by atoms with Crippen molar-refractivity contribution in [1.29, 1.82) is 0 Å². The van der Waals surface area contributed by atoms with Gasteiger partial charge in [-0.3, -0.25) is 0 Å². The average Bonchev–Trinajstić information content (AvgIpc) is 2.48. The summed E-state index contributed by atoms with van der Waals surface area (Å²) < 4.78 is 0.798. The molecule has 0 atom stereocenters. The summed E-state index contributed by atoms with van der Waals surface area (Å²) in [4.78, 5) is 10.5. The minimum Gasteiger partial charge on any atom is -0.395 e. The van der Waals surface area contributed by atoms with Crippen LogP contribution in [0.4, 0.5) is 11.6 Å². The van der Waals surface area contributed by atoms with E-state index >= 15 is 0 Å². The highest BCUT2D eigenvalue weighted by Gasteiger charge is 2.15. The number of nitrogens with one attached hydrogen (secondary N) is 1. The Hall–Kier alpha value is -1.66. The Kier molecular flexibility index (Phi) is 5.31. The van der Waals surface area contributed by atoms with Crippen molar-refractivity contribution in [3.05, 3.63) is 46.7 Å². The number of aliphatic hydroxyl groups excluding tert-OH is 1. The van der Waals surface area contributed by atoms with Gasteiger partial charge in [-0.1, -0.05) is 30.3 Å². The van der Waals surface area contributed by atoms with E-state index in [0.717, 1.165) is 21.7 Å². The molecule has 1 aromatic heterocycles. The van der Waals surface area contributed by atoms with Gasteiger partial charge in [-0.15, -0.1) is 0 Å². The maximum atomic E-state index is 9.28. The van der Waals surface area contributed by atoms with Gasteiger partial charge in [0, 0.05) is 20.1 Å². The second-order valence-electron chi connectivity index (χ2n) is 4.24. The molecule has 0 aliphatic carbocycles. The van der Waals surface area contributed by atoms with Gasteiger partial charge in [-0.25, -0.2) is 9.97 Å². The van der Waals surface area contributed by atoms with Crippen molar-refractivity contribution in [2.75, 3.05) is 30.4 Å². The number of aromatic nitrogens is 2. The molecule has 2 N–H and O–H groups in total.